The van der Waals surface area contributed by atoms with E-state index in [0.717, 1.165) is 18.4 Å². The Balaban J connectivity index is 1.42. The van der Waals surface area contributed by atoms with Gasteiger partial charge in [0.15, 0.2) is 5.13 Å². The fourth-order valence-electron chi connectivity index (χ4n) is 4.26. The van der Waals surface area contributed by atoms with E-state index in [1.54, 1.807) is 28.5 Å². The lowest BCUT2D eigenvalue weighted by molar-refractivity contribution is -0.138. The predicted molar refractivity (Wildman–Crippen MR) is 118 cm³/mol. The Morgan fingerprint density at radius 2 is 2.10 bits per heavy atom. The minimum Gasteiger partial charge on any atom is -0.495 e. The van der Waals surface area contributed by atoms with Crippen LogP contribution in [0.15, 0.2) is 29.8 Å². The SMILES string of the molecule is COc1ccc(C)cc1N1CC(C(=O)N2CCCC(C(=O)Nc3nccs3)C2)CC1=O. The first-order chi connectivity index (χ1) is 15.0. The Labute approximate surface area is 185 Å². The van der Waals surface area contributed by atoms with E-state index in [4.69, 9.17) is 4.74 Å². The average Bonchev–Trinajstić information content (AvgIpc) is 3.42. The molecule has 31 heavy (non-hydrogen) atoms. The van der Waals surface area contributed by atoms with E-state index in [2.05, 4.69) is 10.3 Å². The lowest BCUT2D eigenvalue weighted by Gasteiger charge is -2.33. The van der Waals surface area contributed by atoms with Crippen molar-refractivity contribution in [1.29, 1.82) is 0 Å². The molecule has 0 spiro atoms. The minimum atomic E-state index is -0.418. The molecule has 8 nitrogen and oxygen atoms in total. The molecule has 1 aromatic carbocycles. The molecule has 2 aliphatic rings. The molecule has 164 valence electrons. The van der Waals surface area contributed by atoms with E-state index >= 15 is 0 Å². The molecule has 2 atom stereocenters. The van der Waals surface area contributed by atoms with Crippen LogP contribution < -0.4 is 15.0 Å². The maximum absolute atomic E-state index is 13.2. The number of benzene rings is 1. The number of anilines is 2. The number of thiazole rings is 1. The lowest BCUT2D eigenvalue weighted by atomic mass is 9.95. The monoisotopic (exact) mass is 442 g/mol. The van der Waals surface area contributed by atoms with Crippen LogP contribution in [0.2, 0.25) is 0 Å². The van der Waals surface area contributed by atoms with Crippen molar-refractivity contribution in [2.24, 2.45) is 11.8 Å². The van der Waals surface area contributed by atoms with Crippen molar-refractivity contribution >= 4 is 39.9 Å². The Bertz CT molecular complexity index is 978. The second-order valence-electron chi connectivity index (χ2n) is 8.03. The summed E-state index contributed by atoms with van der Waals surface area (Å²) in [6, 6.07) is 5.67. The van der Waals surface area contributed by atoms with E-state index in [0.29, 0.717) is 36.2 Å². The number of rotatable bonds is 5. The summed E-state index contributed by atoms with van der Waals surface area (Å²) >= 11 is 1.37. The molecule has 2 fully saturated rings. The molecular weight excluding hydrogens is 416 g/mol. The standard InChI is InChI=1S/C22H26N4O4S/c1-14-5-6-18(30-2)17(10-14)26-13-16(11-19(26)27)21(29)25-8-3-4-15(12-25)20(28)24-22-23-7-9-31-22/h5-7,9-10,15-16H,3-4,8,11-13H2,1-2H3,(H,23,24,28). The van der Waals surface area contributed by atoms with Crippen LogP contribution in [-0.4, -0.2) is 54.3 Å². The molecule has 0 radical (unpaired) electrons. The highest BCUT2D eigenvalue weighted by Crippen LogP contribution is 2.35. The number of carbonyl (C=O) groups is 3. The van der Waals surface area contributed by atoms with Crippen LogP contribution in [0.3, 0.4) is 0 Å². The number of aryl methyl sites for hydroxylation is 1. The van der Waals surface area contributed by atoms with Crippen LogP contribution in [0.5, 0.6) is 5.75 Å². The maximum Gasteiger partial charge on any atom is 0.231 e. The fourth-order valence-corrected chi connectivity index (χ4v) is 4.79. The minimum absolute atomic E-state index is 0.0609. The van der Waals surface area contributed by atoms with Crippen molar-refractivity contribution in [1.82, 2.24) is 9.88 Å². The van der Waals surface area contributed by atoms with Crippen molar-refractivity contribution in [3.63, 3.8) is 0 Å². The summed E-state index contributed by atoms with van der Waals surface area (Å²) in [6.45, 7) is 3.26. The van der Waals surface area contributed by atoms with Gasteiger partial charge in [-0.05, 0) is 37.5 Å². The van der Waals surface area contributed by atoms with Gasteiger partial charge in [-0.25, -0.2) is 4.98 Å². The lowest BCUT2D eigenvalue weighted by Crippen LogP contribution is -2.46. The quantitative estimate of drug-likeness (QED) is 0.769. The molecule has 3 amide bonds. The predicted octanol–water partition coefficient (Wildman–Crippen LogP) is 2.69. The van der Waals surface area contributed by atoms with Gasteiger partial charge in [0.2, 0.25) is 17.7 Å². The molecule has 2 aliphatic heterocycles. The van der Waals surface area contributed by atoms with Crippen molar-refractivity contribution in [3.05, 3.63) is 35.3 Å². The Hall–Kier alpha value is -2.94. The molecule has 3 heterocycles. The zero-order valence-corrected chi connectivity index (χ0v) is 18.5. The summed E-state index contributed by atoms with van der Waals surface area (Å²) < 4.78 is 5.42. The van der Waals surface area contributed by atoms with Gasteiger partial charge < -0.3 is 19.9 Å². The van der Waals surface area contributed by atoms with E-state index in [1.807, 2.05) is 25.1 Å². The summed E-state index contributed by atoms with van der Waals surface area (Å²) in [5.41, 5.74) is 1.71. The largest absolute Gasteiger partial charge is 0.495 e. The number of piperidine rings is 1. The zero-order valence-electron chi connectivity index (χ0n) is 17.7. The molecule has 1 N–H and O–H groups in total. The van der Waals surface area contributed by atoms with E-state index in [9.17, 15) is 14.4 Å². The smallest absolute Gasteiger partial charge is 0.231 e. The molecule has 1 aromatic heterocycles. The first-order valence-corrected chi connectivity index (χ1v) is 11.3. The van der Waals surface area contributed by atoms with Crippen LogP contribution in [0.4, 0.5) is 10.8 Å². The number of nitrogens with zero attached hydrogens (tertiary/aromatic N) is 3. The Kier molecular flexibility index (Phi) is 6.22. The molecule has 9 heteroatoms. The zero-order chi connectivity index (χ0) is 22.0. The number of aromatic nitrogens is 1. The number of nitrogens with one attached hydrogen (secondary N) is 1. The fraction of sp³-hybridized carbons (Fsp3) is 0.455. The number of amides is 3. The van der Waals surface area contributed by atoms with Gasteiger partial charge in [0.1, 0.15) is 5.75 Å². The molecule has 0 saturated carbocycles. The highest BCUT2D eigenvalue weighted by Gasteiger charge is 2.40. The maximum atomic E-state index is 13.2. The van der Waals surface area contributed by atoms with Gasteiger partial charge in [-0.15, -0.1) is 11.3 Å². The highest BCUT2D eigenvalue weighted by atomic mass is 32.1. The van der Waals surface area contributed by atoms with E-state index < -0.39 is 5.92 Å². The summed E-state index contributed by atoms with van der Waals surface area (Å²) in [4.78, 5) is 46.0. The molecule has 4 rings (SSSR count). The number of hydrogen-bond donors (Lipinski definition) is 1. The summed E-state index contributed by atoms with van der Waals surface area (Å²) in [6.07, 6.45) is 3.31. The van der Waals surface area contributed by atoms with Crippen LogP contribution in [0, 0.1) is 18.8 Å². The summed E-state index contributed by atoms with van der Waals surface area (Å²) in [5.74, 6) is -0.332. The Morgan fingerprint density at radius 1 is 1.26 bits per heavy atom. The van der Waals surface area contributed by atoms with Gasteiger partial charge in [0.05, 0.1) is 24.6 Å². The van der Waals surface area contributed by atoms with Gasteiger partial charge in [0, 0.05) is 37.6 Å². The molecule has 0 bridgehead atoms. The summed E-state index contributed by atoms with van der Waals surface area (Å²) in [5, 5.41) is 5.20. The van der Waals surface area contributed by atoms with Crippen LogP contribution in [0.1, 0.15) is 24.8 Å². The third kappa shape index (κ3) is 4.56. The first kappa shape index (κ1) is 21.3. The number of hydrogen-bond acceptors (Lipinski definition) is 6. The molecule has 2 unspecified atom stereocenters. The van der Waals surface area contributed by atoms with Gasteiger partial charge in [-0.2, -0.15) is 0 Å². The molecule has 0 aliphatic carbocycles. The highest BCUT2D eigenvalue weighted by molar-refractivity contribution is 7.13. The molecule has 2 aromatic rings. The van der Waals surface area contributed by atoms with Crippen LogP contribution in [0.25, 0.3) is 0 Å². The van der Waals surface area contributed by atoms with Crippen molar-refractivity contribution in [3.8, 4) is 5.75 Å². The van der Waals surface area contributed by atoms with Crippen molar-refractivity contribution < 1.29 is 19.1 Å². The normalized spacial score (nSPS) is 21.3. The third-order valence-electron chi connectivity index (χ3n) is 5.87. The number of likely N-dealkylation sites (tertiary alicyclic amines) is 1. The van der Waals surface area contributed by atoms with E-state index in [1.165, 1.54) is 11.3 Å². The second-order valence-corrected chi connectivity index (χ2v) is 8.93. The number of carbonyl (C=O) groups excluding carboxylic acids is 3. The first-order valence-electron chi connectivity index (χ1n) is 10.4. The molecule has 2 saturated heterocycles. The molecular formula is C22H26N4O4S. The number of ether oxygens (including phenoxy) is 1. The summed E-state index contributed by atoms with van der Waals surface area (Å²) in [7, 11) is 1.57. The van der Waals surface area contributed by atoms with Gasteiger partial charge in [0.25, 0.3) is 0 Å². The Morgan fingerprint density at radius 3 is 2.84 bits per heavy atom. The van der Waals surface area contributed by atoms with Gasteiger partial charge in [-0.3, -0.25) is 14.4 Å². The van der Waals surface area contributed by atoms with Gasteiger partial charge >= 0.3 is 0 Å². The second kappa shape index (κ2) is 9.05. The van der Waals surface area contributed by atoms with Crippen LogP contribution >= 0.6 is 11.3 Å². The van der Waals surface area contributed by atoms with Crippen molar-refractivity contribution in [2.75, 3.05) is 37.0 Å². The number of methoxy groups -OCH3 is 1. The average molecular weight is 443 g/mol. The topological polar surface area (TPSA) is 91.8 Å². The van der Waals surface area contributed by atoms with Gasteiger partial charge in [-0.1, -0.05) is 6.07 Å². The van der Waals surface area contributed by atoms with E-state index in [-0.39, 0.29) is 30.1 Å². The van der Waals surface area contributed by atoms with Crippen LogP contribution in [-0.2, 0) is 14.4 Å². The van der Waals surface area contributed by atoms with Crippen molar-refractivity contribution in [2.45, 2.75) is 26.2 Å². The third-order valence-corrected chi connectivity index (χ3v) is 6.55.